The monoisotopic (exact) mass is 1460 g/mol. The Morgan fingerprint density at radius 3 is 0.780 bits per heavy atom. The van der Waals surface area contributed by atoms with E-state index in [2.05, 4.69) is 64.2 Å². The highest BCUT2D eigenvalue weighted by atomic mass is 31.2. The molecule has 0 fully saturated rings. The Hall–Kier alpha value is -2.72. The number of esters is 4. The van der Waals surface area contributed by atoms with Crippen LogP contribution in [0.15, 0.2) is 36.5 Å². The first-order valence-corrected chi connectivity index (χ1v) is 44.2. The first kappa shape index (κ1) is 97.3. The van der Waals surface area contributed by atoms with Gasteiger partial charge in [-0.1, -0.05) is 327 Å². The van der Waals surface area contributed by atoms with Crippen LogP contribution in [0.1, 0.15) is 400 Å². The van der Waals surface area contributed by atoms with Crippen molar-refractivity contribution in [1.82, 2.24) is 0 Å². The van der Waals surface area contributed by atoms with Gasteiger partial charge in [-0.2, -0.15) is 0 Å². The number of carbonyl (C=O) groups excluding carboxylic acids is 4. The zero-order valence-corrected chi connectivity index (χ0v) is 66.2. The number of aliphatic hydroxyl groups excluding tert-OH is 1. The molecule has 0 rings (SSSR count). The summed E-state index contributed by atoms with van der Waals surface area (Å²) in [5.74, 6) is -2.14. The van der Waals surface area contributed by atoms with E-state index in [4.69, 9.17) is 37.0 Å². The van der Waals surface area contributed by atoms with Crippen LogP contribution in [-0.4, -0.2) is 96.7 Å². The molecule has 0 spiro atoms. The number of hydrogen-bond acceptors (Lipinski definition) is 15. The Labute approximate surface area is 611 Å². The van der Waals surface area contributed by atoms with Crippen LogP contribution in [0, 0.1) is 0 Å². The molecule has 2 unspecified atom stereocenters. The summed E-state index contributed by atoms with van der Waals surface area (Å²) in [6.45, 7) is 4.93. The van der Waals surface area contributed by atoms with Crippen LogP contribution < -0.4 is 0 Å². The average Bonchev–Trinajstić information content (AvgIpc) is 1.01. The first-order chi connectivity index (χ1) is 48.7. The second-order valence-corrected chi connectivity index (χ2v) is 31.0. The van der Waals surface area contributed by atoms with E-state index in [-0.39, 0.29) is 25.7 Å². The van der Waals surface area contributed by atoms with Crippen LogP contribution in [0.4, 0.5) is 0 Å². The molecule has 0 radical (unpaired) electrons. The van der Waals surface area contributed by atoms with E-state index in [0.717, 1.165) is 135 Å². The summed E-state index contributed by atoms with van der Waals surface area (Å²) in [7, 11) is -9.93. The van der Waals surface area contributed by atoms with Crippen molar-refractivity contribution >= 4 is 39.5 Å². The molecule has 19 heteroatoms. The number of ether oxygens (including phenoxy) is 4. The van der Waals surface area contributed by atoms with Crippen LogP contribution in [-0.2, 0) is 65.4 Å². The van der Waals surface area contributed by atoms with Gasteiger partial charge in [0.15, 0.2) is 12.2 Å². The van der Waals surface area contributed by atoms with Gasteiger partial charge in [0, 0.05) is 25.7 Å². The van der Waals surface area contributed by atoms with Crippen molar-refractivity contribution < 1.29 is 80.2 Å². The summed E-state index contributed by atoms with van der Waals surface area (Å²) in [5.41, 5.74) is 0. The number of carbonyl (C=O) groups is 4. The molecule has 100 heavy (non-hydrogen) atoms. The van der Waals surface area contributed by atoms with E-state index >= 15 is 0 Å². The fraction of sp³-hybridized carbons (Fsp3) is 0.877. The SMILES string of the molecule is CCCCC/C=C\C/C=C\CCCCCCCC(=O)OC[C@H](COP(=O)(O)OC[C@@H](O)COP(=O)(O)OC[C@@H](COC(=O)CCCCCCCCC/C=C\CCCCCC)OC(=O)CCCCCCCCCCCCCCCCC)OC(=O)CCCCCCCCCCCCCCCCC. The number of rotatable bonds is 79. The van der Waals surface area contributed by atoms with E-state index in [1.165, 1.54) is 186 Å². The molecule has 17 nitrogen and oxygen atoms in total. The van der Waals surface area contributed by atoms with E-state index < -0.39 is 97.5 Å². The molecule has 0 aliphatic rings. The maximum Gasteiger partial charge on any atom is 0.472 e. The summed E-state index contributed by atoms with van der Waals surface area (Å²) < 4.78 is 68.7. The summed E-state index contributed by atoms with van der Waals surface area (Å²) in [6, 6.07) is 0. The molecule has 0 aromatic heterocycles. The Bertz CT molecular complexity index is 2040. The first-order valence-electron chi connectivity index (χ1n) is 41.2. The highest BCUT2D eigenvalue weighted by Gasteiger charge is 2.30. The third kappa shape index (κ3) is 73.6. The molecule has 5 atom stereocenters. The minimum absolute atomic E-state index is 0.101. The molecule has 0 aliphatic carbocycles. The van der Waals surface area contributed by atoms with Crippen LogP contribution in [0.3, 0.4) is 0 Å². The van der Waals surface area contributed by atoms with Gasteiger partial charge in [-0.3, -0.25) is 37.3 Å². The molecule has 0 aliphatic heterocycles. The van der Waals surface area contributed by atoms with Gasteiger partial charge in [-0.05, 0) is 83.5 Å². The topological polar surface area (TPSA) is 237 Å². The smallest absolute Gasteiger partial charge is 0.462 e. The molecule has 0 aromatic carbocycles. The van der Waals surface area contributed by atoms with Crippen molar-refractivity contribution in [2.24, 2.45) is 0 Å². The van der Waals surface area contributed by atoms with Crippen LogP contribution in [0.2, 0.25) is 0 Å². The number of hydrogen-bond donors (Lipinski definition) is 3. The average molecular weight is 1460 g/mol. The summed E-state index contributed by atoms with van der Waals surface area (Å²) >= 11 is 0. The van der Waals surface area contributed by atoms with Crippen LogP contribution in [0.25, 0.3) is 0 Å². The minimum atomic E-state index is -4.97. The minimum Gasteiger partial charge on any atom is -0.462 e. The molecule has 3 N–H and O–H groups in total. The number of allylic oxidation sites excluding steroid dienone is 6. The van der Waals surface area contributed by atoms with E-state index in [9.17, 15) is 43.2 Å². The van der Waals surface area contributed by atoms with Gasteiger partial charge in [0.1, 0.15) is 19.3 Å². The number of phosphoric acid groups is 2. The predicted molar refractivity (Wildman–Crippen MR) is 409 cm³/mol. The van der Waals surface area contributed by atoms with Crippen molar-refractivity contribution in [3.63, 3.8) is 0 Å². The van der Waals surface area contributed by atoms with Gasteiger partial charge < -0.3 is 33.8 Å². The van der Waals surface area contributed by atoms with Crippen molar-refractivity contribution in [2.75, 3.05) is 39.6 Å². The fourth-order valence-corrected chi connectivity index (χ4v) is 13.4. The lowest BCUT2D eigenvalue weighted by molar-refractivity contribution is -0.161. The maximum atomic E-state index is 13.1. The number of aliphatic hydroxyl groups is 1. The second-order valence-electron chi connectivity index (χ2n) is 28.1. The Balaban J connectivity index is 5.31. The highest BCUT2D eigenvalue weighted by Crippen LogP contribution is 2.45. The van der Waals surface area contributed by atoms with Crippen molar-refractivity contribution in [3.8, 4) is 0 Å². The molecule has 588 valence electrons. The van der Waals surface area contributed by atoms with Crippen molar-refractivity contribution in [2.45, 2.75) is 418 Å². The van der Waals surface area contributed by atoms with Gasteiger partial charge >= 0.3 is 39.5 Å². The van der Waals surface area contributed by atoms with Crippen molar-refractivity contribution in [1.29, 1.82) is 0 Å². The maximum absolute atomic E-state index is 13.1. The van der Waals surface area contributed by atoms with Gasteiger partial charge in [0.25, 0.3) is 0 Å². The number of unbranched alkanes of at least 4 members (excludes halogenated alkanes) is 47. The Morgan fingerprint density at radius 2 is 0.490 bits per heavy atom. The van der Waals surface area contributed by atoms with Crippen molar-refractivity contribution in [3.05, 3.63) is 36.5 Å². The van der Waals surface area contributed by atoms with E-state index in [0.29, 0.717) is 25.7 Å². The molecule has 0 amide bonds. The molecule has 0 saturated carbocycles. The Kier molecular flexibility index (Phi) is 72.5. The van der Waals surface area contributed by atoms with Crippen LogP contribution in [0.5, 0.6) is 0 Å². The standard InChI is InChI=1S/C81H152O17P2/c1-5-9-13-17-21-25-29-33-37-41-45-49-53-57-61-65-78(83)91-71-76(97-80(85)67-63-59-55-51-47-43-39-35-31-27-23-19-15-11-7-3)73-95-99(87,88)93-69-75(82)70-94-100(89,90)96-74-77(98-81(86)68-64-60-56-52-48-44-40-36-32-28-24-20-16-12-8-4)72-92-79(84)66-62-58-54-50-46-42-38-34-30-26-22-18-14-10-6-2/h21,25-26,30,33,37,75-77,82H,5-20,22-24,27-29,31-32,34-36,38-74H2,1-4H3,(H,87,88)(H,89,90)/b25-21-,30-26-,37-33-/t75-,76-,77-/m1/s1. The van der Waals surface area contributed by atoms with Gasteiger partial charge in [-0.15, -0.1) is 0 Å². The highest BCUT2D eigenvalue weighted by molar-refractivity contribution is 7.47. The Morgan fingerprint density at radius 1 is 0.280 bits per heavy atom. The predicted octanol–water partition coefficient (Wildman–Crippen LogP) is 23.9. The van der Waals surface area contributed by atoms with E-state index in [1.54, 1.807) is 0 Å². The molecule has 0 aromatic rings. The quantitative estimate of drug-likeness (QED) is 0.0169. The molecular weight excluding hydrogens is 1310 g/mol. The summed E-state index contributed by atoms with van der Waals surface area (Å²) in [6.07, 6.45) is 71.0. The lowest BCUT2D eigenvalue weighted by Crippen LogP contribution is -2.30. The van der Waals surface area contributed by atoms with E-state index in [1.807, 2.05) is 0 Å². The lowest BCUT2D eigenvalue weighted by atomic mass is 10.0. The molecular formula is C81H152O17P2. The van der Waals surface area contributed by atoms with Gasteiger partial charge in [0.05, 0.1) is 26.4 Å². The largest absolute Gasteiger partial charge is 0.472 e. The number of phosphoric ester groups is 2. The molecule has 0 bridgehead atoms. The third-order valence-corrected chi connectivity index (χ3v) is 20.0. The zero-order valence-electron chi connectivity index (χ0n) is 64.4. The fourth-order valence-electron chi connectivity index (χ4n) is 11.8. The van der Waals surface area contributed by atoms with Crippen LogP contribution >= 0.6 is 15.6 Å². The third-order valence-electron chi connectivity index (χ3n) is 18.1. The lowest BCUT2D eigenvalue weighted by Gasteiger charge is -2.21. The second kappa shape index (κ2) is 74.5. The molecule has 0 heterocycles. The van der Waals surface area contributed by atoms with Gasteiger partial charge in [-0.25, -0.2) is 9.13 Å². The van der Waals surface area contributed by atoms with Gasteiger partial charge in [0.2, 0.25) is 0 Å². The molecule has 0 saturated heterocycles. The summed E-state index contributed by atoms with van der Waals surface area (Å²) in [4.78, 5) is 73.0. The zero-order chi connectivity index (χ0) is 73.2. The normalized spacial score (nSPS) is 14.0. The summed E-state index contributed by atoms with van der Waals surface area (Å²) in [5, 5.41) is 10.6.